The van der Waals surface area contributed by atoms with Crippen LogP contribution >= 0.6 is 11.8 Å². The highest BCUT2D eigenvalue weighted by molar-refractivity contribution is 7.99. The molecule has 4 aromatic rings. The highest BCUT2D eigenvalue weighted by Gasteiger charge is 2.23. The van der Waals surface area contributed by atoms with Crippen LogP contribution in [0.1, 0.15) is 5.56 Å². The maximum absolute atomic E-state index is 12.9. The molecule has 1 aliphatic heterocycles. The van der Waals surface area contributed by atoms with E-state index >= 15 is 0 Å². The number of hydrogen-bond donors (Lipinski definition) is 0. The van der Waals surface area contributed by atoms with Gasteiger partial charge in [0, 0.05) is 44.3 Å². The Balaban J connectivity index is 1.24. The van der Waals surface area contributed by atoms with Crippen molar-refractivity contribution in [1.82, 2.24) is 24.6 Å². The molecule has 33 heavy (non-hydrogen) atoms. The number of piperazine rings is 1. The maximum Gasteiger partial charge on any atom is 0.233 e. The summed E-state index contributed by atoms with van der Waals surface area (Å²) < 4.78 is 7.57. The van der Waals surface area contributed by atoms with E-state index in [-0.39, 0.29) is 5.91 Å². The summed E-state index contributed by atoms with van der Waals surface area (Å²) in [4.78, 5) is 21.2. The number of amides is 1. The molecule has 1 saturated heterocycles. The van der Waals surface area contributed by atoms with Gasteiger partial charge >= 0.3 is 0 Å². The number of anilines is 1. The van der Waals surface area contributed by atoms with Crippen LogP contribution in [-0.2, 0) is 11.3 Å². The maximum atomic E-state index is 12.9. The number of hydrogen-bond acceptors (Lipinski definition) is 7. The van der Waals surface area contributed by atoms with E-state index in [0.717, 1.165) is 24.3 Å². The molecule has 0 atom stereocenters. The van der Waals surface area contributed by atoms with Crippen molar-refractivity contribution in [3.63, 3.8) is 0 Å². The van der Waals surface area contributed by atoms with Gasteiger partial charge in [-0.05, 0) is 29.8 Å². The van der Waals surface area contributed by atoms with Gasteiger partial charge in [-0.1, -0.05) is 42.1 Å². The second-order valence-corrected chi connectivity index (χ2v) is 8.66. The average Bonchev–Trinajstić information content (AvgIpc) is 3.54. The summed E-state index contributed by atoms with van der Waals surface area (Å²) >= 11 is 1.42. The minimum absolute atomic E-state index is 0.114. The lowest BCUT2D eigenvalue weighted by molar-refractivity contribution is -0.128. The molecule has 1 aromatic carbocycles. The smallest absolute Gasteiger partial charge is 0.233 e. The average molecular weight is 461 g/mol. The van der Waals surface area contributed by atoms with Crippen molar-refractivity contribution in [1.29, 1.82) is 0 Å². The zero-order valence-corrected chi connectivity index (χ0v) is 18.9. The van der Waals surface area contributed by atoms with Gasteiger partial charge in [0.15, 0.2) is 10.9 Å². The second kappa shape index (κ2) is 9.91. The van der Waals surface area contributed by atoms with Gasteiger partial charge in [-0.3, -0.25) is 14.3 Å². The Kier molecular flexibility index (Phi) is 6.39. The number of rotatable bonds is 7. The molecule has 1 fully saturated rings. The molecule has 0 N–H and O–H groups in total. The molecular formula is C24H24N6O2S. The lowest BCUT2D eigenvalue weighted by Gasteiger charge is -2.36. The van der Waals surface area contributed by atoms with E-state index in [1.165, 1.54) is 11.8 Å². The molecular weight excluding hydrogens is 436 g/mol. The number of carbonyl (C=O) groups is 1. The van der Waals surface area contributed by atoms with Gasteiger partial charge in [-0.2, -0.15) is 0 Å². The molecule has 1 amide bonds. The largest absolute Gasteiger partial charge is 0.461 e. The summed E-state index contributed by atoms with van der Waals surface area (Å²) in [6.07, 6.45) is 5.22. The van der Waals surface area contributed by atoms with E-state index < -0.39 is 0 Å². The van der Waals surface area contributed by atoms with E-state index in [1.807, 2.05) is 51.9 Å². The Morgan fingerprint density at radius 1 is 0.939 bits per heavy atom. The topological polar surface area (TPSA) is 80.3 Å². The molecule has 0 aliphatic carbocycles. The summed E-state index contributed by atoms with van der Waals surface area (Å²) in [5, 5.41) is 9.42. The molecule has 9 heteroatoms. The Morgan fingerprint density at radius 2 is 1.73 bits per heavy atom. The molecule has 0 bridgehead atoms. The third kappa shape index (κ3) is 4.93. The van der Waals surface area contributed by atoms with Crippen LogP contribution in [0.5, 0.6) is 0 Å². The van der Waals surface area contributed by atoms with Crippen LogP contribution in [0.3, 0.4) is 0 Å². The van der Waals surface area contributed by atoms with Gasteiger partial charge in [0.05, 0.1) is 18.6 Å². The van der Waals surface area contributed by atoms with E-state index in [4.69, 9.17) is 4.42 Å². The molecule has 1 aliphatic rings. The van der Waals surface area contributed by atoms with Gasteiger partial charge in [0.1, 0.15) is 0 Å². The second-order valence-electron chi connectivity index (χ2n) is 7.72. The summed E-state index contributed by atoms with van der Waals surface area (Å²) in [6.45, 7) is 3.64. The first kappa shape index (κ1) is 21.3. The third-order valence-electron chi connectivity index (χ3n) is 5.63. The predicted molar refractivity (Wildman–Crippen MR) is 127 cm³/mol. The van der Waals surface area contributed by atoms with E-state index in [2.05, 4.69) is 32.2 Å². The standard InChI is InChI=1S/C24H24N6O2S/c31-22(29-14-12-28(13-15-29)20-8-10-25-11-9-20)18-33-24-27-26-23(21-7-4-16-32-21)30(24)17-19-5-2-1-3-6-19/h1-11,16H,12-15,17-18H2. The van der Waals surface area contributed by atoms with E-state index in [1.54, 1.807) is 18.7 Å². The fourth-order valence-electron chi connectivity index (χ4n) is 3.88. The van der Waals surface area contributed by atoms with Crippen molar-refractivity contribution < 1.29 is 9.21 Å². The van der Waals surface area contributed by atoms with Crippen molar-refractivity contribution >= 4 is 23.4 Å². The van der Waals surface area contributed by atoms with Crippen molar-refractivity contribution in [3.8, 4) is 11.6 Å². The van der Waals surface area contributed by atoms with Crippen LogP contribution in [0, 0.1) is 0 Å². The van der Waals surface area contributed by atoms with Crippen LogP contribution < -0.4 is 4.90 Å². The number of pyridine rings is 1. The normalized spacial score (nSPS) is 13.9. The Morgan fingerprint density at radius 3 is 2.45 bits per heavy atom. The van der Waals surface area contributed by atoms with Crippen molar-refractivity contribution in [2.75, 3.05) is 36.8 Å². The summed E-state index contributed by atoms with van der Waals surface area (Å²) in [5.41, 5.74) is 2.27. The van der Waals surface area contributed by atoms with Crippen LogP contribution in [0.2, 0.25) is 0 Å². The number of thioether (sulfide) groups is 1. The van der Waals surface area contributed by atoms with Gasteiger partial charge in [0.2, 0.25) is 11.7 Å². The zero-order valence-electron chi connectivity index (χ0n) is 18.1. The number of carbonyl (C=O) groups excluding carboxylic acids is 1. The molecule has 168 valence electrons. The van der Waals surface area contributed by atoms with Crippen LogP contribution in [-0.4, -0.2) is 62.5 Å². The first-order valence-corrected chi connectivity index (χ1v) is 11.8. The Bertz CT molecular complexity index is 1170. The summed E-state index contributed by atoms with van der Waals surface area (Å²) in [5.74, 6) is 1.75. The molecule has 0 radical (unpaired) electrons. The lowest BCUT2D eigenvalue weighted by Crippen LogP contribution is -2.49. The van der Waals surface area contributed by atoms with Gasteiger partial charge in [0.25, 0.3) is 0 Å². The quantitative estimate of drug-likeness (QED) is 0.391. The molecule has 8 nitrogen and oxygen atoms in total. The number of nitrogens with zero attached hydrogens (tertiary/aromatic N) is 6. The summed E-state index contributed by atoms with van der Waals surface area (Å²) in [7, 11) is 0. The number of aromatic nitrogens is 4. The molecule has 3 aromatic heterocycles. The van der Waals surface area contributed by atoms with E-state index in [0.29, 0.717) is 42.1 Å². The van der Waals surface area contributed by atoms with Crippen molar-refractivity contribution in [3.05, 3.63) is 78.8 Å². The fourth-order valence-corrected chi connectivity index (χ4v) is 4.72. The number of benzene rings is 1. The predicted octanol–water partition coefficient (Wildman–Crippen LogP) is 3.42. The molecule has 0 saturated carbocycles. The highest BCUT2D eigenvalue weighted by atomic mass is 32.2. The van der Waals surface area contributed by atoms with E-state index in [9.17, 15) is 4.79 Å². The van der Waals surface area contributed by atoms with Gasteiger partial charge in [-0.25, -0.2) is 0 Å². The first-order valence-electron chi connectivity index (χ1n) is 10.8. The van der Waals surface area contributed by atoms with Crippen molar-refractivity contribution in [2.24, 2.45) is 0 Å². The SMILES string of the molecule is O=C(CSc1nnc(-c2ccco2)n1Cc1ccccc1)N1CCN(c2ccncc2)CC1. The molecule has 0 spiro atoms. The fraction of sp³-hybridized carbons (Fsp3) is 0.250. The molecule has 0 unspecified atom stereocenters. The lowest BCUT2D eigenvalue weighted by atomic mass is 10.2. The minimum atomic E-state index is 0.114. The van der Waals surface area contributed by atoms with Gasteiger partial charge < -0.3 is 14.2 Å². The van der Waals surface area contributed by atoms with Crippen LogP contribution in [0.15, 0.2) is 82.8 Å². The number of furan rings is 1. The summed E-state index contributed by atoms with van der Waals surface area (Å²) in [6, 6.07) is 17.8. The van der Waals surface area contributed by atoms with Gasteiger partial charge in [-0.15, -0.1) is 10.2 Å². The molecule has 5 rings (SSSR count). The Hall–Kier alpha value is -3.59. The van der Waals surface area contributed by atoms with Crippen molar-refractivity contribution in [2.45, 2.75) is 11.7 Å². The highest BCUT2D eigenvalue weighted by Crippen LogP contribution is 2.26. The van der Waals surface area contributed by atoms with Crippen LogP contribution in [0.25, 0.3) is 11.6 Å². The Labute approximate surface area is 196 Å². The van der Waals surface area contributed by atoms with Crippen LogP contribution in [0.4, 0.5) is 5.69 Å². The zero-order chi connectivity index (χ0) is 22.5. The minimum Gasteiger partial charge on any atom is -0.461 e. The monoisotopic (exact) mass is 460 g/mol. The first-order chi connectivity index (χ1) is 16.3. The third-order valence-corrected chi connectivity index (χ3v) is 6.58. The molecule has 4 heterocycles.